The van der Waals surface area contributed by atoms with Crippen molar-refractivity contribution in [3.8, 4) is 5.88 Å². The third kappa shape index (κ3) is 5.51. The molecule has 1 aliphatic heterocycles. The van der Waals surface area contributed by atoms with Crippen molar-refractivity contribution in [1.82, 2.24) is 9.88 Å². The molecule has 0 atom stereocenters. The molecule has 2 heterocycles. The first kappa shape index (κ1) is 22.4. The second-order valence-corrected chi connectivity index (χ2v) is 9.08. The van der Waals surface area contributed by atoms with Gasteiger partial charge in [-0.05, 0) is 56.8 Å². The number of nitrogens with one attached hydrogen (secondary N) is 1. The maximum Gasteiger partial charge on any atom is 0.244 e. The van der Waals surface area contributed by atoms with Gasteiger partial charge in [0.25, 0.3) is 0 Å². The monoisotopic (exact) mass is 437 g/mol. The molecule has 172 valence electrons. The average Bonchev–Trinajstić information content (AvgIpc) is 3.26. The molecule has 0 unspecified atom stereocenters. The van der Waals surface area contributed by atoms with Crippen molar-refractivity contribution in [1.29, 1.82) is 0 Å². The summed E-state index contributed by atoms with van der Waals surface area (Å²) in [6.07, 6.45) is 7.10. The number of carbonyl (C=O) groups excluding carboxylic acids is 1. The Kier molecular flexibility index (Phi) is 7.15. The van der Waals surface area contributed by atoms with Gasteiger partial charge in [0.1, 0.15) is 11.8 Å². The number of hydrogen-bond donors (Lipinski definition) is 2. The average molecular weight is 438 g/mol. The molecule has 1 aliphatic carbocycles. The fraction of sp³-hybridized carbons (Fsp3) is 0.520. The fourth-order valence-electron chi connectivity index (χ4n) is 4.59. The lowest BCUT2D eigenvalue weighted by molar-refractivity contribution is -0.115. The first-order valence-corrected chi connectivity index (χ1v) is 11.8. The van der Waals surface area contributed by atoms with Gasteiger partial charge in [0.2, 0.25) is 11.8 Å². The number of amides is 1. The summed E-state index contributed by atoms with van der Waals surface area (Å²) in [6.45, 7) is 5.13. The number of unbranched alkanes of at least 4 members (excludes halogenated alkanes) is 1. The SMILES string of the molecule is CCCCN(C)Cc1cccc(CN2CC(=O)Nc3c2cc(OC2CCCC2)nc3N)c1. The van der Waals surface area contributed by atoms with E-state index in [-0.39, 0.29) is 18.6 Å². The quantitative estimate of drug-likeness (QED) is 0.612. The highest BCUT2D eigenvalue weighted by Crippen LogP contribution is 2.38. The highest BCUT2D eigenvalue weighted by molar-refractivity contribution is 6.04. The van der Waals surface area contributed by atoms with Crippen LogP contribution < -0.4 is 20.7 Å². The van der Waals surface area contributed by atoms with E-state index in [1.165, 1.54) is 36.8 Å². The van der Waals surface area contributed by atoms with Crippen LogP contribution in [0.25, 0.3) is 0 Å². The summed E-state index contributed by atoms with van der Waals surface area (Å²) >= 11 is 0. The molecule has 0 spiro atoms. The number of pyridine rings is 1. The van der Waals surface area contributed by atoms with Crippen molar-refractivity contribution in [3.05, 3.63) is 41.5 Å². The van der Waals surface area contributed by atoms with Gasteiger partial charge in [-0.2, -0.15) is 4.98 Å². The standard InChI is InChI=1S/C25H35N5O2/c1-3-4-12-29(2)15-18-8-7-9-19(13-18)16-30-17-22(31)27-24-21(30)14-23(28-25(24)26)32-20-10-5-6-11-20/h7-9,13-14,20H,3-6,10-12,15-17H2,1-2H3,(H2,26,28)(H,27,31). The molecule has 7 nitrogen and oxygen atoms in total. The van der Waals surface area contributed by atoms with Crippen LogP contribution in [0.5, 0.6) is 5.88 Å². The summed E-state index contributed by atoms with van der Waals surface area (Å²) in [5.74, 6) is 0.770. The van der Waals surface area contributed by atoms with Crippen LogP contribution in [-0.4, -0.2) is 42.0 Å². The van der Waals surface area contributed by atoms with Gasteiger partial charge in [0.15, 0.2) is 5.82 Å². The number of benzene rings is 1. The Morgan fingerprint density at radius 2 is 2.03 bits per heavy atom. The predicted molar refractivity (Wildman–Crippen MR) is 129 cm³/mol. The summed E-state index contributed by atoms with van der Waals surface area (Å²) in [5, 5.41) is 2.89. The lowest BCUT2D eigenvalue weighted by Gasteiger charge is -2.32. The number of carbonyl (C=O) groups is 1. The number of ether oxygens (including phenoxy) is 1. The van der Waals surface area contributed by atoms with E-state index in [1.54, 1.807) is 0 Å². The van der Waals surface area contributed by atoms with Crippen LogP contribution in [0.4, 0.5) is 17.2 Å². The number of aromatic nitrogens is 1. The second-order valence-electron chi connectivity index (χ2n) is 9.08. The van der Waals surface area contributed by atoms with Crippen LogP contribution in [-0.2, 0) is 17.9 Å². The zero-order chi connectivity index (χ0) is 22.5. The van der Waals surface area contributed by atoms with Crippen molar-refractivity contribution >= 4 is 23.1 Å². The minimum Gasteiger partial charge on any atom is -0.474 e. The molecule has 2 aromatic rings. The van der Waals surface area contributed by atoms with Crippen molar-refractivity contribution in [2.75, 3.05) is 36.1 Å². The van der Waals surface area contributed by atoms with Crippen LogP contribution in [0, 0.1) is 0 Å². The molecule has 1 amide bonds. The third-order valence-electron chi connectivity index (χ3n) is 6.24. The summed E-state index contributed by atoms with van der Waals surface area (Å²) in [5.41, 5.74) is 10.1. The minimum atomic E-state index is -0.0779. The van der Waals surface area contributed by atoms with Gasteiger partial charge in [-0.15, -0.1) is 0 Å². The zero-order valence-corrected chi connectivity index (χ0v) is 19.3. The smallest absolute Gasteiger partial charge is 0.244 e. The second kappa shape index (κ2) is 10.2. The van der Waals surface area contributed by atoms with E-state index in [0.717, 1.165) is 31.6 Å². The van der Waals surface area contributed by atoms with Crippen LogP contribution in [0.3, 0.4) is 0 Å². The van der Waals surface area contributed by atoms with E-state index >= 15 is 0 Å². The number of fused-ring (bicyclic) bond motifs is 1. The largest absolute Gasteiger partial charge is 0.474 e. The normalized spacial score (nSPS) is 16.3. The van der Waals surface area contributed by atoms with Gasteiger partial charge < -0.3 is 25.6 Å². The first-order chi connectivity index (χ1) is 15.5. The Hall–Kier alpha value is -2.80. The number of nitrogens with two attached hydrogens (primary N) is 1. The Balaban J connectivity index is 1.52. The molecule has 32 heavy (non-hydrogen) atoms. The molecule has 4 rings (SSSR count). The molecule has 3 N–H and O–H groups in total. The predicted octanol–water partition coefficient (Wildman–Crippen LogP) is 4.18. The number of nitrogens with zero attached hydrogens (tertiary/aromatic N) is 3. The van der Waals surface area contributed by atoms with E-state index in [2.05, 4.69) is 58.3 Å². The number of nitrogen functional groups attached to an aromatic ring is 1. The summed E-state index contributed by atoms with van der Waals surface area (Å²) in [6, 6.07) is 10.5. The van der Waals surface area contributed by atoms with Crippen LogP contribution >= 0.6 is 0 Å². The molecule has 0 saturated heterocycles. The van der Waals surface area contributed by atoms with Crippen molar-refractivity contribution in [2.45, 2.75) is 64.6 Å². The summed E-state index contributed by atoms with van der Waals surface area (Å²) in [7, 11) is 2.16. The van der Waals surface area contributed by atoms with Gasteiger partial charge in [-0.25, -0.2) is 0 Å². The topological polar surface area (TPSA) is 83.7 Å². The van der Waals surface area contributed by atoms with E-state index in [0.29, 0.717) is 23.9 Å². The first-order valence-electron chi connectivity index (χ1n) is 11.8. The van der Waals surface area contributed by atoms with Gasteiger partial charge in [-0.3, -0.25) is 4.79 Å². The molecular weight excluding hydrogens is 402 g/mol. The van der Waals surface area contributed by atoms with Crippen LogP contribution in [0.15, 0.2) is 30.3 Å². The third-order valence-corrected chi connectivity index (χ3v) is 6.24. The van der Waals surface area contributed by atoms with E-state index in [9.17, 15) is 4.79 Å². The van der Waals surface area contributed by atoms with Gasteiger partial charge in [0.05, 0.1) is 12.2 Å². The Bertz CT molecular complexity index is 942. The lowest BCUT2D eigenvalue weighted by Crippen LogP contribution is -2.38. The zero-order valence-electron chi connectivity index (χ0n) is 19.3. The molecule has 2 aliphatic rings. The van der Waals surface area contributed by atoms with Gasteiger partial charge in [-0.1, -0.05) is 37.6 Å². The van der Waals surface area contributed by atoms with E-state index < -0.39 is 0 Å². The Labute approximate surface area is 190 Å². The molecule has 1 saturated carbocycles. The molecule has 0 radical (unpaired) electrons. The molecule has 7 heteroatoms. The number of rotatable bonds is 9. The molecule has 1 aromatic carbocycles. The Morgan fingerprint density at radius 3 is 2.81 bits per heavy atom. The molecule has 1 aromatic heterocycles. The molecule has 1 fully saturated rings. The highest BCUT2D eigenvalue weighted by Gasteiger charge is 2.27. The van der Waals surface area contributed by atoms with Gasteiger partial charge in [0, 0.05) is 19.2 Å². The van der Waals surface area contributed by atoms with Crippen molar-refractivity contribution in [3.63, 3.8) is 0 Å². The highest BCUT2D eigenvalue weighted by atomic mass is 16.5. The van der Waals surface area contributed by atoms with E-state index in [1.807, 2.05) is 6.07 Å². The summed E-state index contributed by atoms with van der Waals surface area (Å²) < 4.78 is 6.11. The molecule has 0 bridgehead atoms. The number of anilines is 3. The van der Waals surface area contributed by atoms with Crippen molar-refractivity contribution < 1.29 is 9.53 Å². The maximum atomic E-state index is 12.4. The minimum absolute atomic E-state index is 0.0779. The fourth-order valence-corrected chi connectivity index (χ4v) is 4.59. The lowest BCUT2D eigenvalue weighted by atomic mass is 10.1. The summed E-state index contributed by atoms with van der Waals surface area (Å²) in [4.78, 5) is 21.2. The van der Waals surface area contributed by atoms with Crippen LogP contribution in [0.2, 0.25) is 0 Å². The van der Waals surface area contributed by atoms with Crippen molar-refractivity contribution in [2.24, 2.45) is 0 Å². The Morgan fingerprint density at radius 1 is 1.25 bits per heavy atom. The maximum absolute atomic E-state index is 12.4. The number of hydrogen-bond acceptors (Lipinski definition) is 6. The van der Waals surface area contributed by atoms with Gasteiger partial charge >= 0.3 is 0 Å². The van der Waals surface area contributed by atoms with E-state index in [4.69, 9.17) is 10.5 Å². The van der Waals surface area contributed by atoms with Crippen LogP contribution in [0.1, 0.15) is 56.6 Å². The molecular formula is C25H35N5O2.